The molecular weight excluding hydrogens is 1030 g/mol. The monoisotopic (exact) mass is 1110 g/mol. The summed E-state index contributed by atoms with van der Waals surface area (Å²) in [5.41, 5.74) is 21.6. The number of amides is 9. The maximum absolute atomic E-state index is 14.6. The fourth-order valence-corrected chi connectivity index (χ4v) is 9.72. The number of carboxylic acid groups (broad SMARTS) is 1. The Labute approximate surface area is 457 Å². The lowest BCUT2D eigenvalue weighted by Gasteiger charge is -2.31. The van der Waals surface area contributed by atoms with Gasteiger partial charge in [0.05, 0.1) is 13.0 Å². The number of likely N-dealkylation sites (tertiary alicyclic amines) is 2. The van der Waals surface area contributed by atoms with Crippen molar-refractivity contribution >= 4 is 76.9 Å². The molecule has 2 heterocycles. The van der Waals surface area contributed by atoms with Crippen LogP contribution in [-0.2, 0) is 60.8 Å². The number of primary amides is 1. The number of aliphatic carboxylic acids is 1. The number of rotatable bonds is 30. The van der Waals surface area contributed by atoms with Crippen LogP contribution < -0.4 is 59.8 Å². The number of benzene rings is 2. The zero-order valence-electron chi connectivity index (χ0n) is 44.8. The Bertz CT molecular complexity index is 2450. The van der Waals surface area contributed by atoms with E-state index >= 15 is 0 Å². The van der Waals surface area contributed by atoms with Crippen molar-refractivity contribution in [3.63, 3.8) is 0 Å². The van der Waals surface area contributed by atoms with Crippen LogP contribution in [0.25, 0.3) is 0 Å². The predicted molar refractivity (Wildman–Crippen MR) is 288 cm³/mol. The molecule has 0 aliphatic carbocycles. The lowest BCUT2D eigenvalue weighted by molar-refractivity contribution is -0.463. The number of guanidine groups is 1. The highest BCUT2D eigenvalue weighted by Gasteiger charge is 2.42. The van der Waals surface area contributed by atoms with Gasteiger partial charge in [-0.2, -0.15) is 11.8 Å². The van der Waals surface area contributed by atoms with Crippen LogP contribution >= 0.6 is 11.8 Å². The van der Waals surface area contributed by atoms with Gasteiger partial charge in [-0.25, -0.2) is 4.79 Å². The molecule has 2 aliphatic heterocycles. The molecule has 0 radical (unpaired) electrons. The molecule has 428 valence electrons. The average molecular weight is 1110 g/mol. The summed E-state index contributed by atoms with van der Waals surface area (Å²) in [6.45, 7) is 5.54. The van der Waals surface area contributed by atoms with Crippen molar-refractivity contribution < 1.29 is 68.9 Å². The second-order valence-corrected chi connectivity index (χ2v) is 21.1. The summed E-state index contributed by atoms with van der Waals surface area (Å²) >= 11 is 1.46. The first kappa shape index (κ1) is 63.1. The number of phenolic OH excluding ortho intramolecular Hbond substituents is 1. The van der Waals surface area contributed by atoms with Gasteiger partial charge in [-0.15, -0.1) is 0 Å². The van der Waals surface area contributed by atoms with Crippen LogP contribution in [-0.4, -0.2) is 171 Å². The van der Waals surface area contributed by atoms with Crippen molar-refractivity contribution in [2.75, 3.05) is 31.6 Å². The molecule has 0 saturated carbocycles. The number of nitrogens with two attached hydrogens (primary N) is 3. The van der Waals surface area contributed by atoms with Gasteiger partial charge in [0.1, 0.15) is 54.1 Å². The van der Waals surface area contributed by atoms with E-state index in [1.807, 2.05) is 6.26 Å². The van der Waals surface area contributed by atoms with Crippen LogP contribution in [0.1, 0.15) is 89.7 Å². The number of quaternary nitrogens is 1. The summed E-state index contributed by atoms with van der Waals surface area (Å²) in [5, 5.41) is 35.5. The van der Waals surface area contributed by atoms with Crippen molar-refractivity contribution in [2.24, 2.45) is 23.1 Å². The largest absolute Gasteiger partial charge is 0.508 e. The van der Waals surface area contributed by atoms with E-state index in [1.165, 1.54) is 40.6 Å². The minimum absolute atomic E-state index is 0.0191. The van der Waals surface area contributed by atoms with Crippen molar-refractivity contribution in [3.05, 3.63) is 65.7 Å². The minimum Gasteiger partial charge on any atom is -0.508 e. The first-order valence-electron chi connectivity index (χ1n) is 26.2. The van der Waals surface area contributed by atoms with Gasteiger partial charge >= 0.3 is 11.9 Å². The topological polar surface area (TPSA) is 409 Å². The van der Waals surface area contributed by atoms with Crippen LogP contribution in [0.15, 0.2) is 54.6 Å². The molecule has 2 aromatic carbocycles. The molecule has 4 rings (SSSR count). The second kappa shape index (κ2) is 31.1. The standard InChI is InChI=1S/C52H77N13O12S/c1-29(2)25-39(51(76)77)63-46(71)36(26-32-16-18-33(66)19-17-32)60-47(72)40-14-9-22-64(40)49(74)30(3)58-45(70)37(28-42(54)67)61-48(73)41-15-10-23-65(41)50(75)38(27-31-11-6-5-7-12-31)62-44(69)35(20-24-78-4)59-43(68)34(53)13-8-21-57-52(55)56/h5-7,11-12,16-19,29-30,34-41,66H,8-10,13-15,20-28,53H2,1-4H3,(H2,54,67)(H,58,70)(H,59,68)(H,60,72)(H,61,73)(H,62,69)(H,63,71)(H,76,77)(H4,55,56,57)/p+2/t30-,34-,35-,36-,37-,38-,39-,40-,41-/m0/s1. The van der Waals surface area contributed by atoms with E-state index in [2.05, 4.69) is 42.6 Å². The molecule has 2 aliphatic rings. The average Bonchev–Trinajstić information content (AvgIpc) is 4.13. The molecule has 26 heteroatoms. The lowest BCUT2D eigenvalue weighted by atomic mass is 10.0. The molecular formula is C52H79N13O12S+2. The molecule has 18 N–H and O–H groups in total. The number of nitrogens with one attached hydrogen (secondary N) is 7. The Morgan fingerprint density at radius 1 is 0.667 bits per heavy atom. The molecule has 2 fully saturated rings. The van der Waals surface area contributed by atoms with Crippen molar-refractivity contribution in [3.8, 4) is 5.75 Å². The van der Waals surface area contributed by atoms with Gasteiger partial charge in [0.25, 0.3) is 5.91 Å². The summed E-state index contributed by atoms with van der Waals surface area (Å²) in [6.07, 6.45) is 3.38. The summed E-state index contributed by atoms with van der Waals surface area (Å²) in [5.74, 6) is -7.49. The van der Waals surface area contributed by atoms with Gasteiger partial charge in [0.2, 0.25) is 47.3 Å². The third-order valence-electron chi connectivity index (χ3n) is 13.3. The number of hydrogen-bond acceptors (Lipinski definition) is 12. The third kappa shape index (κ3) is 19.8. The molecule has 78 heavy (non-hydrogen) atoms. The molecule has 2 aromatic rings. The number of nitrogens with zero attached hydrogens (tertiary/aromatic N) is 2. The van der Waals surface area contributed by atoms with Crippen LogP contribution in [0, 0.1) is 5.92 Å². The van der Waals surface area contributed by atoms with Gasteiger partial charge in [-0.1, -0.05) is 56.3 Å². The molecule has 0 unspecified atom stereocenters. The number of aromatic hydroxyl groups is 1. The van der Waals surface area contributed by atoms with Gasteiger partial charge in [0.15, 0.2) is 6.04 Å². The van der Waals surface area contributed by atoms with E-state index in [0.717, 1.165) is 0 Å². The van der Waals surface area contributed by atoms with Crippen molar-refractivity contribution in [1.29, 1.82) is 0 Å². The molecule has 2 saturated heterocycles. The van der Waals surface area contributed by atoms with Crippen LogP contribution in [0.4, 0.5) is 0 Å². The fraction of sp³-hybridized carbons (Fsp3) is 0.558. The highest BCUT2D eigenvalue weighted by molar-refractivity contribution is 7.98. The van der Waals surface area contributed by atoms with Gasteiger partial charge in [0, 0.05) is 32.4 Å². The van der Waals surface area contributed by atoms with Crippen molar-refractivity contribution in [1.82, 2.24) is 41.7 Å². The maximum atomic E-state index is 14.6. The molecule has 0 bridgehead atoms. The predicted octanol–water partition coefficient (Wildman–Crippen LogP) is -4.41. The summed E-state index contributed by atoms with van der Waals surface area (Å²) in [7, 11) is 0. The Balaban J connectivity index is 1.47. The zero-order chi connectivity index (χ0) is 57.6. The van der Waals surface area contributed by atoms with E-state index in [9.17, 15) is 58.2 Å². The lowest BCUT2D eigenvalue weighted by Crippen LogP contribution is -2.78. The SMILES string of the molecule is CSCC[C@H](NC(=O)[C@@H]([NH3+])CCC[NH+]=C(N)N)C(=O)N[C@@H](Cc1ccccc1)C(=O)N1CCC[C@H]1C(=O)N[C@@H](CC(N)=O)C(=O)N[C@@H](C)C(=O)N1CCC[C@H]1C(=O)N[C@@H](Cc1ccc(O)cc1)C(=O)N[C@@H](CC(C)C)C(=O)O. The molecule has 25 nitrogen and oxygen atoms in total. The maximum Gasteiger partial charge on any atom is 0.338 e. The minimum atomic E-state index is -1.61. The van der Waals surface area contributed by atoms with Gasteiger partial charge in [-0.3, -0.25) is 59.6 Å². The number of carboxylic acids is 1. The van der Waals surface area contributed by atoms with Crippen molar-refractivity contribution in [2.45, 2.75) is 146 Å². The summed E-state index contributed by atoms with van der Waals surface area (Å²) in [4.78, 5) is 141. The molecule has 0 spiro atoms. The Hall–Kier alpha value is -7.48. The van der Waals surface area contributed by atoms with E-state index in [1.54, 1.807) is 56.3 Å². The Morgan fingerprint density at radius 2 is 1.19 bits per heavy atom. The number of phenols is 1. The number of carbonyl (C=O) groups excluding carboxylic acids is 9. The smallest absolute Gasteiger partial charge is 0.338 e. The number of carbonyl (C=O) groups is 10. The van der Waals surface area contributed by atoms with Crippen LogP contribution in [0.5, 0.6) is 5.75 Å². The summed E-state index contributed by atoms with van der Waals surface area (Å²) < 4.78 is 0. The Kier molecular flexibility index (Phi) is 25.1. The Morgan fingerprint density at radius 3 is 1.76 bits per heavy atom. The van der Waals surface area contributed by atoms with Gasteiger partial charge in [-0.05, 0) is 93.1 Å². The van der Waals surface area contributed by atoms with Crippen LogP contribution in [0.3, 0.4) is 0 Å². The number of thioether (sulfide) groups is 1. The van der Waals surface area contributed by atoms with Crippen LogP contribution in [0.2, 0.25) is 0 Å². The first-order valence-corrected chi connectivity index (χ1v) is 27.6. The number of hydrogen-bond donors (Lipinski definition) is 13. The second-order valence-electron chi connectivity index (χ2n) is 20.1. The quantitative estimate of drug-likeness (QED) is 0.0200. The summed E-state index contributed by atoms with van der Waals surface area (Å²) in [6, 6.07) is 4.02. The first-order chi connectivity index (χ1) is 37.0. The fourth-order valence-electron chi connectivity index (χ4n) is 9.25. The van der Waals surface area contributed by atoms with Gasteiger partial charge < -0.3 is 63.4 Å². The molecule has 9 amide bonds. The highest BCUT2D eigenvalue weighted by Crippen LogP contribution is 2.22. The highest BCUT2D eigenvalue weighted by atomic mass is 32.2. The van der Waals surface area contributed by atoms with E-state index < -0.39 is 120 Å². The van der Waals surface area contributed by atoms with E-state index in [0.29, 0.717) is 49.1 Å². The van der Waals surface area contributed by atoms with E-state index in [4.69, 9.17) is 17.2 Å². The normalized spacial score (nSPS) is 17.7. The van der Waals surface area contributed by atoms with E-state index in [-0.39, 0.29) is 69.2 Å². The molecule has 9 atom stereocenters. The molecule has 0 aromatic heterocycles. The third-order valence-corrected chi connectivity index (χ3v) is 14.0. The zero-order valence-corrected chi connectivity index (χ0v) is 45.6.